The summed E-state index contributed by atoms with van der Waals surface area (Å²) in [6.07, 6.45) is 6.39. The number of imidazole rings is 1. The van der Waals surface area contributed by atoms with Crippen molar-refractivity contribution >= 4 is 45.4 Å². The second-order valence-corrected chi connectivity index (χ2v) is 8.61. The molecule has 0 spiro atoms. The Morgan fingerprint density at radius 1 is 1.23 bits per heavy atom. The highest BCUT2D eigenvalue weighted by molar-refractivity contribution is 7.91. The Morgan fingerprint density at radius 3 is 2.77 bits per heavy atom. The van der Waals surface area contributed by atoms with Crippen LogP contribution in [0, 0.1) is 6.92 Å². The van der Waals surface area contributed by atoms with Gasteiger partial charge in [0.25, 0.3) is 0 Å². The van der Waals surface area contributed by atoms with Gasteiger partial charge in [-0.3, -0.25) is 4.98 Å². The van der Waals surface area contributed by atoms with Crippen LogP contribution in [0.5, 0.6) is 0 Å². The van der Waals surface area contributed by atoms with Gasteiger partial charge < -0.3 is 9.12 Å². The summed E-state index contributed by atoms with van der Waals surface area (Å²) in [7, 11) is 0. The van der Waals surface area contributed by atoms with Gasteiger partial charge in [0.15, 0.2) is 4.90 Å². The monoisotopic (exact) mass is 409 g/mol. The normalized spacial score (nSPS) is 12.7. The summed E-state index contributed by atoms with van der Waals surface area (Å²) < 4.78 is 14.8. The molecule has 0 saturated carbocycles. The molecule has 0 amide bonds. The van der Waals surface area contributed by atoms with Crippen molar-refractivity contribution in [2.45, 2.75) is 44.6 Å². The Morgan fingerprint density at radius 2 is 2.04 bits per heavy atom. The number of hydrogen-bond donors (Lipinski definition) is 0. The van der Waals surface area contributed by atoms with Crippen molar-refractivity contribution in [2.24, 2.45) is 0 Å². The first-order valence-corrected chi connectivity index (χ1v) is 10.7. The molecule has 0 aliphatic carbocycles. The van der Waals surface area contributed by atoms with Gasteiger partial charge in [0.2, 0.25) is 0 Å². The second kappa shape index (κ2) is 8.61. The van der Waals surface area contributed by atoms with E-state index in [9.17, 15) is 4.55 Å². The van der Waals surface area contributed by atoms with Gasteiger partial charge in [-0.05, 0) is 48.3 Å². The predicted octanol–water partition coefficient (Wildman–Crippen LogP) is 5.20. The number of benzene rings is 1. The molecule has 1 unspecified atom stereocenters. The Hall–Kier alpha value is -1.27. The molecule has 0 saturated heterocycles. The Kier molecular flexibility index (Phi) is 6.46. The zero-order valence-corrected chi connectivity index (χ0v) is 17.2. The molecular weight excluding hydrogens is 389 g/mol. The minimum Gasteiger partial charge on any atom is -0.611 e. The lowest BCUT2D eigenvalue weighted by atomic mass is 10.2. The second-order valence-electron chi connectivity index (χ2n) is 6.23. The molecule has 1 atom stereocenters. The highest BCUT2D eigenvalue weighted by atomic mass is 35.5. The van der Waals surface area contributed by atoms with E-state index in [4.69, 9.17) is 28.2 Å². The lowest BCUT2D eigenvalue weighted by Gasteiger charge is -2.14. The standard InChI is InChI=1S/C19H21Cl2N3OS/c1-3-5-18-23-16-12-22-11-13(2)19(16)24(18)8-4-9-26(25)17-7-6-14(20)10-15(17)21/h6-7,10-12H,3-5,8-9H2,1-2H3. The minimum atomic E-state index is -1.15. The zero-order chi connectivity index (χ0) is 18.7. The average Bonchev–Trinajstić information content (AvgIpc) is 2.94. The maximum atomic E-state index is 12.6. The van der Waals surface area contributed by atoms with Crippen LogP contribution in [0.3, 0.4) is 0 Å². The molecule has 0 aliphatic heterocycles. The Bertz CT molecular complexity index is 913. The Balaban J connectivity index is 1.76. The van der Waals surface area contributed by atoms with Gasteiger partial charge in [0.1, 0.15) is 17.1 Å². The van der Waals surface area contributed by atoms with E-state index in [0.717, 1.165) is 48.2 Å². The van der Waals surface area contributed by atoms with E-state index < -0.39 is 11.2 Å². The largest absolute Gasteiger partial charge is 0.611 e. The van der Waals surface area contributed by atoms with Crippen LogP contribution in [0.1, 0.15) is 31.2 Å². The van der Waals surface area contributed by atoms with Gasteiger partial charge in [0, 0.05) is 30.6 Å². The Labute approximate surface area is 166 Å². The van der Waals surface area contributed by atoms with Crippen molar-refractivity contribution in [3.8, 4) is 0 Å². The number of fused-ring (bicyclic) bond motifs is 1. The van der Waals surface area contributed by atoms with Crippen molar-refractivity contribution in [2.75, 3.05) is 5.75 Å². The van der Waals surface area contributed by atoms with Crippen LogP contribution in [0.4, 0.5) is 0 Å². The third-order valence-corrected chi connectivity index (χ3v) is 6.40. The molecular formula is C19H21Cl2N3OS. The smallest absolute Gasteiger partial charge is 0.171 e. The van der Waals surface area contributed by atoms with E-state index >= 15 is 0 Å². The molecule has 2 aromatic heterocycles. The molecule has 138 valence electrons. The van der Waals surface area contributed by atoms with Gasteiger partial charge in [0.05, 0.1) is 16.7 Å². The van der Waals surface area contributed by atoms with Crippen molar-refractivity contribution < 1.29 is 4.55 Å². The van der Waals surface area contributed by atoms with Crippen LogP contribution >= 0.6 is 23.2 Å². The number of hydrogen-bond acceptors (Lipinski definition) is 3. The summed E-state index contributed by atoms with van der Waals surface area (Å²) in [5.41, 5.74) is 3.16. The molecule has 7 heteroatoms. The van der Waals surface area contributed by atoms with Crippen molar-refractivity contribution in [1.82, 2.24) is 14.5 Å². The molecule has 26 heavy (non-hydrogen) atoms. The van der Waals surface area contributed by atoms with Crippen LogP contribution < -0.4 is 0 Å². The van der Waals surface area contributed by atoms with E-state index in [1.165, 1.54) is 0 Å². The van der Waals surface area contributed by atoms with E-state index in [1.807, 2.05) is 12.4 Å². The van der Waals surface area contributed by atoms with Gasteiger partial charge in [-0.15, -0.1) is 0 Å². The lowest BCUT2D eigenvalue weighted by molar-refractivity contribution is 0.583. The molecule has 0 N–H and O–H groups in total. The quantitative estimate of drug-likeness (QED) is 0.504. The van der Waals surface area contributed by atoms with Crippen molar-refractivity contribution in [3.63, 3.8) is 0 Å². The zero-order valence-electron chi connectivity index (χ0n) is 14.8. The maximum Gasteiger partial charge on any atom is 0.171 e. The summed E-state index contributed by atoms with van der Waals surface area (Å²) >= 11 is 10.9. The lowest BCUT2D eigenvalue weighted by Crippen LogP contribution is -2.12. The van der Waals surface area contributed by atoms with E-state index in [0.29, 0.717) is 20.7 Å². The predicted molar refractivity (Wildman–Crippen MR) is 109 cm³/mol. The third kappa shape index (κ3) is 4.17. The molecule has 1 aromatic carbocycles. The first-order valence-electron chi connectivity index (χ1n) is 8.64. The number of pyridine rings is 1. The summed E-state index contributed by atoms with van der Waals surface area (Å²) in [5, 5.41) is 1.01. The highest BCUT2D eigenvalue weighted by Crippen LogP contribution is 2.27. The molecule has 0 bridgehead atoms. The van der Waals surface area contributed by atoms with Gasteiger partial charge in [-0.1, -0.05) is 30.1 Å². The first kappa shape index (κ1) is 19.5. The fourth-order valence-corrected chi connectivity index (χ4v) is 4.86. The van der Waals surface area contributed by atoms with E-state index in [1.54, 1.807) is 18.2 Å². The average molecular weight is 410 g/mol. The number of aryl methyl sites for hydroxylation is 3. The van der Waals surface area contributed by atoms with Gasteiger partial charge in [-0.25, -0.2) is 4.98 Å². The van der Waals surface area contributed by atoms with Crippen molar-refractivity contribution in [1.29, 1.82) is 0 Å². The minimum absolute atomic E-state index is 0.456. The molecule has 4 nitrogen and oxygen atoms in total. The SMILES string of the molecule is CCCc1nc2cncc(C)c2n1CCC[S+]([O-])c1ccc(Cl)cc1Cl. The van der Waals surface area contributed by atoms with Crippen LogP contribution in [0.2, 0.25) is 10.0 Å². The molecule has 2 heterocycles. The van der Waals surface area contributed by atoms with Crippen LogP contribution in [-0.4, -0.2) is 24.8 Å². The summed E-state index contributed by atoms with van der Waals surface area (Å²) in [5.74, 6) is 1.60. The number of rotatable bonds is 7. The number of nitrogens with zero attached hydrogens (tertiary/aromatic N) is 3. The van der Waals surface area contributed by atoms with Gasteiger partial charge >= 0.3 is 0 Å². The maximum absolute atomic E-state index is 12.6. The highest BCUT2D eigenvalue weighted by Gasteiger charge is 2.17. The topological polar surface area (TPSA) is 53.8 Å². The van der Waals surface area contributed by atoms with E-state index in [-0.39, 0.29) is 0 Å². The molecule has 3 aromatic rings. The molecule has 3 rings (SSSR count). The number of aromatic nitrogens is 3. The summed E-state index contributed by atoms with van der Waals surface area (Å²) in [6, 6.07) is 5.10. The first-order chi connectivity index (χ1) is 12.5. The molecule has 0 fully saturated rings. The third-order valence-electron chi connectivity index (χ3n) is 4.24. The molecule has 0 radical (unpaired) electrons. The molecule has 0 aliphatic rings. The van der Waals surface area contributed by atoms with Crippen LogP contribution in [0.15, 0.2) is 35.5 Å². The van der Waals surface area contributed by atoms with Crippen molar-refractivity contribution in [3.05, 3.63) is 52.0 Å². The fourth-order valence-electron chi connectivity index (χ4n) is 3.08. The fraction of sp³-hybridized carbons (Fsp3) is 0.368. The number of halogens is 2. The van der Waals surface area contributed by atoms with Gasteiger partial charge in [-0.2, -0.15) is 0 Å². The summed E-state index contributed by atoms with van der Waals surface area (Å²) in [6.45, 7) is 4.97. The van der Waals surface area contributed by atoms with E-state index in [2.05, 4.69) is 23.4 Å². The van der Waals surface area contributed by atoms with Crippen LogP contribution in [-0.2, 0) is 24.1 Å². The summed E-state index contributed by atoms with van der Waals surface area (Å²) in [4.78, 5) is 9.61. The van der Waals surface area contributed by atoms with Crippen LogP contribution in [0.25, 0.3) is 11.0 Å².